The number of hydrogen-bond donors (Lipinski definition) is 0. The third-order valence-electron chi connectivity index (χ3n) is 7.96. The molecular weight excluding hydrogens is 510 g/mol. The topological polar surface area (TPSA) is 38.7 Å². The maximum Gasteiger partial charge on any atom is 0.160 e. The summed E-state index contributed by atoms with van der Waals surface area (Å²) in [6.07, 6.45) is 1.84. The molecule has 3 heteroatoms. The third-order valence-corrected chi connectivity index (χ3v) is 7.96. The van der Waals surface area contributed by atoms with E-state index in [0.717, 1.165) is 50.1 Å². The van der Waals surface area contributed by atoms with Crippen LogP contribution >= 0.6 is 0 Å². The van der Waals surface area contributed by atoms with Crippen LogP contribution in [-0.2, 0) is 0 Å². The van der Waals surface area contributed by atoms with Gasteiger partial charge in [0.05, 0.1) is 16.9 Å². The van der Waals surface area contributed by atoms with Gasteiger partial charge < -0.3 is 0 Å². The molecule has 0 unspecified atom stereocenters. The molecule has 3 nitrogen and oxygen atoms in total. The molecule has 0 N–H and O–H groups in total. The second-order valence-corrected chi connectivity index (χ2v) is 10.5. The summed E-state index contributed by atoms with van der Waals surface area (Å²) in [5, 5.41) is 5.87. The van der Waals surface area contributed by atoms with Crippen molar-refractivity contribution in [3.8, 4) is 45.0 Å². The molecule has 0 amide bonds. The van der Waals surface area contributed by atoms with Crippen LogP contribution < -0.4 is 0 Å². The molecule has 0 radical (unpaired) electrons. The number of aromatic nitrogens is 3. The third kappa shape index (κ3) is 4.20. The number of hydrogen-bond acceptors (Lipinski definition) is 3. The van der Waals surface area contributed by atoms with Gasteiger partial charge in [0, 0.05) is 28.3 Å². The fraction of sp³-hybridized carbons (Fsp3) is 0. The first-order chi connectivity index (χ1) is 20.8. The van der Waals surface area contributed by atoms with Gasteiger partial charge in [0.2, 0.25) is 0 Å². The molecule has 196 valence electrons. The fourth-order valence-corrected chi connectivity index (χ4v) is 5.90. The molecule has 8 aromatic rings. The Morgan fingerprint density at radius 2 is 0.905 bits per heavy atom. The van der Waals surface area contributed by atoms with Crippen molar-refractivity contribution in [2.45, 2.75) is 0 Å². The highest BCUT2D eigenvalue weighted by Gasteiger charge is 2.14. The van der Waals surface area contributed by atoms with Crippen molar-refractivity contribution in [3.05, 3.63) is 152 Å². The van der Waals surface area contributed by atoms with Crippen molar-refractivity contribution in [2.24, 2.45) is 0 Å². The molecule has 0 spiro atoms. The number of fused-ring (bicyclic) bond motifs is 3. The van der Waals surface area contributed by atoms with Crippen molar-refractivity contribution < 1.29 is 0 Å². The van der Waals surface area contributed by atoms with Gasteiger partial charge in [-0.05, 0) is 50.9 Å². The van der Waals surface area contributed by atoms with Crippen molar-refractivity contribution in [1.82, 2.24) is 15.0 Å². The predicted octanol–water partition coefficient (Wildman–Crippen LogP) is 10.00. The first kappa shape index (κ1) is 24.2. The molecule has 2 aromatic heterocycles. The Morgan fingerprint density at radius 1 is 0.381 bits per heavy atom. The zero-order chi connectivity index (χ0) is 27.9. The first-order valence-electron chi connectivity index (χ1n) is 14.1. The van der Waals surface area contributed by atoms with Crippen molar-refractivity contribution >= 4 is 32.4 Å². The Balaban J connectivity index is 1.31. The zero-order valence-electron chi connectivity index (χ0n) is 22.8. The van der Waals surface area contributed by atoms with E-state index in [0.29, 0.717) is 5.82 Å². The van der Waals surface area contributed by atoms with Crippen LogP contribution in [0.3, 0.4) is 0 Å². The average Bonchev–Trinajstić information content (AvgIpc) is 3.07. The maximum atomic E-state index is 5.16. The van der Waals surface area contributed by atoms with Gasteiger partial charge in [-0.25, -0.2) is 9.97 Å². The molecule has 0 aliphatic rings. The second kappa shape index (κ2) is 10.1. The molecule has 0 fully saturated rings. The molecule has 6 aromatic carbocycles. The summed E-state index contributed by atoms with van der Waals surface area (Å²) < 4.78 is 0. The Morgan fingerprint density at radius 3 is 1.57 bits per heavy atom. The van der Waals surface area contributed by atoms with Gasteiger partial charge in [-0.15, -0.1) is 0 Å². The van der Waals surface area contributed by atoms with Crippen LogP contribution in [0.15, 0.2) is 152 Å². The van der Waals surface area contributed by atoms with Crippen molar-refractivity contribution in [3.63, 3.8) is 0 Å². The van der Waals surface area contributed by atoms with E-state index in [4.69, 9.17) is 9.97 Å². The fourth-order valence-electron chi connectivity index (χ4n) is 5.90. The highest BCUT2D eigenvalue weighted by Crippen LogP contribution is 2.35. The van der Waals surface area contributed by atoms with E-state index in [2.05, 4.69) is 145 Å². The van der Waals surface area contributed by atoms with Gasteiger partial charge in [0.15, 0.2) is 5.82 Å². The van der Waals surface area contributed by atoms with E-state index in [1.807, 2.05) is 12.3 Å². The summed E-state index contributed by atoms with van der Waals surface area (Å²) in [6, 6.07) is 50.8. The van der Waals surface area contributed by atoms with E-state index >= 15 is 0 Å². The second-order valence-electron chi connectivity index (χ2n) is 10.5. The zero-order valence-corrected chi connectivity index (χ0v) is 22.8. The van der Waals surface area contributed by atoms with E-state index in [9.17, 15) is 0 Å². The lowest BCUT2D eigenvalue weighted by Gasteiger charge is -2.13. The molecule has 0 atom stereocenters. The van der Waals surface area contributed by atoms with Crippen LogP contribution in [0.2, 0.25) is 0 Å². The van der Waals surface area contributed by atoms with E-state index in [-0.39, 0.29) is 0 Å². The largest absolute Gasteiger partial charge is 0.256 e. The van der Waals surface area contributed by atoms with Crippen molar-refractivity contribution in [1.29, 1.82) is 0 Å². The first-order valence-corrected chi connectivity index (χ1v) is 14.1. The van der Waals surface area contributed by atoms with Crippen LogP contribution in [0.5, 0.6) is 0 Å². The van der Waals surface area contributed by atoms with Gasteiger partial charge >= 0.3 is 0 Å². The molecule has 0 saturated heterocycles. The van der Waals surface area contributed by atoms with Gasteiger partial charge in [-0.1, -0.05) is 127 Å². The Hall–Kier alpha value is -5.67. The number of nitrogens with zero attached hydrogens (tertiary/aromatic N) is 3. The monoisotopic (exact) mass is 535 g/mol. The van der Waals surface area contributed by atoms with E-state index < -0.39 is 0 Å². The molecule has 0 bridgehead atoms. The minimum Gasteiger partial charge on any atom is -0.256 e. The lowest BCUT2D eigenvalue weighted by atomic mass is 9.97. The summed E-state index contributed by atoms with van der Waals surface area (Å²) in [6.45, 7) is 0. The minimum atomic E-state index is 0.703. The number of rotatable bonds is 4. The smallest absolute Gasteiger partial charge is 0.160 e. The average molecular weight is 536 g/mol. The minimum absolute atomic E-state index is 0.703. The van der Waals surface area contributed by atoms with Gasteiger partial charge in [-0.2, -0.15) is 0 Å². The van der Waals surface area contributed by atoms with Gasteiger partial charge in [0.1, 0.15) is 0 Å². The number of pyridine rings is 1. The summed E-state index contributed by atoms with van der Waals surface area (Å²) in [7, 11) is 0. The molecule has 0 aliphatic carbocycles. The summed E-state index contributed by atoms with van der Waals surface area (Å²) in [5.74, 6) is 0.703. The van der Waals surface area contributed by atoms with Gasteiger partial charge in [-0.3, -0.25) is 4.98 Å². The van der Waals surface area contributed by atoms with Crippen molar-refractivity contribution in [2.75, 3.05) is 0 Å². The van der Waals surface area contributed by atoms with E-state index in [1.54, 1.807) is 0 Å². The van der Waals surface area contributed by atoms with Crippen LogP contribution in [-0.4, -0.2) is 15.0 Å². The molecule has 2 heterocycles. The molecule has 8 rings (SSSR count). The number of benzene rings is 6. The van der Waals surface area contributed by atoms with Crippen LogP contribution in [0, 0.1) is 0 Å². The molecule has 0 aliphatic heterocycles. The Bertz CT molecular complexity index is 2140. The molecular formula is C39H25N3. The van der Waals surface area contributed by atoms with Crippen LogP contribution in [0.25, 0.3) is 77.5 Å². The quantitative estimate of drug-likeness (QED) is 0.225. The summed E-state index contributed by atoms with van der Waals surface area (Å²) in [5.41, 5.74) is 8.26. The summed E-state index contributed by atoms with van der Waals surface area (Å²) >= 11 is 0. The standard InChI is InChI=1S/C39H25N3/c1-3-13-30-26(9-1)11-5-16-34(30)37-25-38(35-17-6-12-27-10-2-4-14-31(27)35)42-39(41-37)29-22-20-28(21-23-29)32-15-7-19-36-33(32)18-8-24-40-36/h1-25H. The predicted molar refractivity (Wildman–Crippen MR) is 174 cm³/mol. The molecule has 42 heavy (non-hydrogen) atoms. The van der Waals surface area contributed by atoms with Gasteiger partial charge in [0.25, 0.3) is 0 Å². The van der Waals surface area contributed by atoms with Crippen LogP contribution in [0.1, 0.15) is 0 Å². The normalized spacial score (nSPS) is 11.3. The molecule has 0 saturated carbocycles. The lowest BCUT2D eigenvalue weighted by molar-refractivity contribution is 1.19. The lowest BCUT2D eigenvalue weighted by Crippen LogP contribution is -1.97. The maximum absolute atomic E-state index is 5.16. The highest BCUT2D eigenvalue weighted by atomic mass is 14.9. The highest BCUT2D eigenvalue weighted by molar-refractivity contribution is 5.99. The Labute approximate surface area is 243 Å². The van der Waals surface area contributed by atoms with Crippen LogP contribution in [0.4, 0.5) is 0 Å². The summed E-state index contributed by atoms with van der Waals surface area (Å²) in [4.78, 5) is 14.9. The Kier molecular flexibility index (Phi) is 5.79. The van der Waals surface area contributed by atoms with E-state index in [1.165, 1.54) is 21.5 Å². The SMILES string of the molecule is c1ccc2c(-c3cc(-c4cccc5ccccc45)nc(-c4ccc(-c5cccc6ncccc56)cc4)n3)cccc2c1.